The highest BCUT2D eigenvalue weighted by atomic mass is 19.2. The molecule has 8 nitrogen and oxygen atoms in total. The summed E-state index contributed by atoms with van der Waals surface area (Å²) in [6.07, 6.45) is 3.49. The van der Waals surface area contributed by atoms with Gasteiger partial charge in [0.25, 0.3) is 5.91 Å². The molecule has 11 heteroatoms. The van der Waals surface area contributed by atoms with E-state index in [0.717, 1.165) is 47.2 Å². The summed E-state index contributed by atoms with van der Waals surface area (Å²) >= 11 is 0. The lowest BCUT2D eigenvalue weighted by Crippen LogP contribution is -2.61. The molecule has 48 heavy (non-hydrogen) atoms. The van der Waals surface area contributed by atoms with E-state index < -0.39 is 23.2 Å². The molecule has 6 rings (SSSR count). The molecule has 0 radical (unpaired) electrons. The van der Waals surface area contributed by atoms with Crippen molar-refractivity contribution in [2.45, 2.75) is 63.7 Å². The van der Waals surface area contributed by atoms with Crippen molar-refractivity contribution in [3.8, 4) is 17.2 Å². The average molecular weight is 664 g/mol. The number of benzene rings is 3. The number of ether oxygens (including phenoxy) is 3. The Labute approximate surface area is 278 Å². The van der Waals surface area contributed by atoms with Gasteiger partial charge in [-0.2, -0.15) is 4.39 Å². The predicted octanol–water partition coefficient (Wildman–Crippen LogP) is 5.67. The van der Waals surface area contributed by atoms with Crippen LogP contribution in [0.25, 0.3) is 5.57 Å². The van der Waals surface area contributed by atoms with E-state index in [1.165, 1.54) is 0 Å². The summed E-state index contributed by atoms with van der Waals surface area (Å²) in [6.45, 7) is 2.98. The standard InChI is InChI=1S/C37H40F3N3O5/c1-22(44)42-20-26-18-28(25-9-6-23(7-10-25)5-4-16-48-36-30(39)14-13-29(38)35(36)40)34(31(21-42)41-26)37(45)43(27-11-12-27)19-24-8-15-32(46-2)33(17-24)47-3/h6-10,13-15,17,26-27,31,41H,4-5,11-12,16,18-21H2,1-3H3/t26-,31-/m1/s1. The second kappa shape index (κ2) is 14.3. The summed E-state index contributed by atoms with van der Waals surface area (Å²) in [5, 5.41) is 3.62. The highest BCUT2D eigenvalue weighted by molar-refractivity contribution is 6.03. The number of halogens is 3. The number of rotatable bonds is 12. The summed E-state index contributed by atoms with van der Waals surface area (Å²) in [4.78, 5) is 30.8. The van der Waals surface area contributed by atoms with Crippen LogP contribution in [-0.4, -0.2) is 73.7 Å². The summed E-state index contributed by atoms with van der Waals surface area (Å²) < 4.78 is 57.5. The first kappa shape index (κ1) is 33.4. The molecule has 2 amide bonds. The topological polar surface area (TPSA) is 80.3 Å². The first-order valence-corrected chi connectivity index (χ1v) is 16.3. The Morgan fingerprint density at radius 2 is 1.62 bits per heavy atom. The normalized spacial score (nSPS) is 18.8. The SMILES string of the molecule is COc1ccc(CN(C(=O)C2=C(c3ccc(CCCOc4c(F)ccc(F)c4F)cc3)C[C@@H]3CN(C(C)=O)C[C@H]2N3)C2CC2)cc1OC. The van der Waals surface area contributed by atoms with Gasteiger partial charge in [0.1, 0.15) is 0 Å². The zero-order valence-corrected chi connectivity index (χ0v) is 27.4. The fourth-order valence-electron chi connectivity index (χ4n) is 6.67. The molecule has 2 bridgehead atoms. The van der Waals surface area contributed by atoms with Gasteiger partial charge in [0.2, 0.25) is 11.7 Å². The van der Waals surface area contributed by atoms with Gasteiger partial charge in [0.05, 0.1) is 26.9 Å². The lowest BCUT2D eigenvalue weighted by molar-refractivity contribution is -0.132. The molecule has 3 aromatic rings. The Morgan fingerprint density at radius 1 is 0.917 bits per heavy atom. The lowest BCUT2D eigenvalue weighted by atomic mass is 9.82. The predicted molar refractivity (Wildman–Crippen MR) is 174 cm³/mol. The summed E-state index contributed by atoms with van der Waals surface area (Å²) in [7, 11) is 3.18. The van der Waals surface area contributed by atoms with Gasteiger partial charge in [-0.3, -0.25) is 9.59 Å². The van der Waals surface area contributed by atoms with Gasteiger partial charge in [0.15, 0.2) is 28.9 Å². The Bertz CT molecular complexity index is 1710. The molecular formula is C37H40F3N3O5. The number of amides is 2. The molecule has 254 valence electrons. The largest absolute Gasteiger partial charge is 0.493 e. The molecule has 3 aromatic carbocycles. The third kappa shape index (κ3) is 7.16. The van der Waals surface area contributed by atoms with Gasteiger partial charge >= 0.3 is 0 Å². The van der Waals surface area contributed by atoms with Crippen molar-refractivity contribution in [2.75, 3.05) is 33.9 Å². The number of carbonyl (C=O) groups excluding carboxylic acids is 2. The van der Waals surface area contributed by atoms with E-state index in [0.29, 0.717) is 56.0 Å². The number of fused-ring (bicyclic) bond motifs is 2. The van der Waals surface area contributed by atoms with Crippen LogP contribution in [0.4, 0.5) is 13.2 Å². The summed E-state index contributed by atoms with van der Waals surface area (Å²) in [5.74, 6) is -2.98. The van der Waals surface area contributed by atoms with E-state index in [4.69, 9.17) is 14.2 Å². The Kier molecular flexibility index (Phi) is 9.96. The monoisotopic (exact) mass is 663 g/mol. The fourth-order valence-corrected chi connectivity index (χ4v) is 6.67. The fraction of sp³-hybridized carbons (Fsp3) is 0.405. The number of carbonyl (C=O) groups is 2. The zero-order valence-electron chi connectivity index (χ0n) is 27.4. The molecule has 0 spiro atoms. The van der Waals surface area contributed by atoms with Gasteiger partial charge in [-0.05, 0) is 78.6 Å². The number of hydrogen-bond donors (Lipinski definition) is 1. The quantitative estimate of drug-likeness (QED) is 0.199. The molecule has 2 fully saturated rings. The Balaban J connectivity index is 1.23. The minimum absolute atomic E-state index is 0.0117. The zero-order chi connectivity index (χ0) is 33.9. The number of nitrogens with zero attached hydrogens (tertiary/aromatic N) is 2. The smallest absolute Gasteiger partial charge is 0.252 e. The second-order valence-corrected chi connectivity index (χ2v) is 12.6. The molecular weight excluding hydrogens is 623 g/mol. The van der Waals surface area contributed by atoms with Crippen LogP contribution in [0.1, 0.15) is 49.3 Å². The van der Waals surface area contributed by atoms with Crippen molar-refractivity contribution in [3.05, 3.63) is 94.3 Å². The van der Waals surface area contributed by atoms with Gasteiger partial charge in [-0.1, -0.05) is 30.3 Å². The summed E-state index contributed by atoms with van der Waals surface area (Å²) in [5.41, 5.74) is 4.52. The molecule has 1 saturated heterocycles. The van der Waals surface area contributed by atoms with Crippen LogP contribution < -0.4 is 19.5 Å². The lowest BCUT2D eigenvalue weighted by Gasteiger charge is -2.44. The van der Waals surface area contributed by atoms with Crippen LogP contribution in [0.15, 0.2) is 60.2 Å². The number of methoxy groups -OCH3 is 2. The Hall–Kier alpha value is -4.51. The molecule has 1 aliphatic carbocycles. The van der Waals surface area contributed by atoms with Crippen LogP contribution in [0.5, 0.6) is 17.2 Å². The molecule has 1 saturated carbocycles. The third-order valence-electron chi connectivity index (χ3n) is 9.29. The summed E-state index contributed by atoms with van der Waals surface area (Å²) in [6, 6.07) is 15.1. The molecule has 3 aliphatic rings. The number of piperazine rings is 1. The minimum atomic E-state index is -1.33. The van der Waals surface area contributed by atoms with Crippen molar-refractivity contribution >= 4 is 17.4 Å². The van der Waals surface area contributed by atoms with Crippen LogP contribution in [0, 0.1) is 17.5 Å². The van der Waals surface area contributed by atoms with Gasteiger partial charge in [-0.25, -0.2) is 8.78 Å². The highest BCUT2D eigenvalue weighted by Crippen LogP contribution is 2.38. The van der Waals surface area contributed by atoms with E-state index >= 15 is 0 Å². The van der Waals surface area contributed by atoms with Crippen LogP contribution in [0.2, 0.25) is 0 Å². The third-order valence-corrected chi connectivity index (χ3v) is 9.29. The van der Waals surface area contributed by atoms with Crippen molar-refractivity contribution in [1.29, 1.82) is 0 Å². The van der Waals surface area contributed by atoms with E-state index in [2.05, 4.69) is 5.32 Å². The van der Waals surface area contributed by atoms with E-state index in [9.17, 15) is 22.8 Å². The molecule has 2 heterocycles. The van der Waals surface area contributed by atoms with E-state index in [1.54, 1.807) is 21.1 Å². The molecule has 2 atom stereocenters. The minimum Gasteiger partial charge on any atom is -0.493 e. The highest BCUT2D eigenvalue weighted by Gasteiger charge is 2.43. The Morgan fingerprint density at radius 3 is 2.31 bits per heavy atom. The average Bonchev–Trinajstić information content (AvgIpc) is 3.93. The van der Waals surface area contributed by atoms with E-state index in [1.807, 2.05) is 52.3 Å². The molecule has 1 N–H and O–H groups in total. The first-order chi connectivity index (χ1) is 23.2. The molecule has 0 unspecified atom stereocenters. The van der Waals surface area contributed by atoms with Crippen molar-refractivity contribution in [2.24, 2.45) is 0 Å². The number of aryl methyl sites for hydroxylation is 1. The van der Waals surface area contributed by atoms with E-state index in [-0.39, 0.29) is 36.5 Å². The van der Waals surface area contributed by atoms with Gasteiger partial charge in [-0.15, -0.1) is 0 Å². The van der Waals surface area contributed by atoms with Crippen LogP contribution >= 0.6 is 0 Å². The maximum Gasteiger partial charge on any atom is 0.252 e. The number of hydrogen-bond acceptors (Lipinski definition) is 6. The maximum atomic E-state index is 14.6. The maximum absolute atomic E-state index is 14.6. The van der Waals surface area contributed by atoms with Crippen LogP contribution in [-0.2, 0) is 22.6 Å². The van der Waals surface area contributed by atoms with Crippen LogP contribution in [0.3, 0.4) is 0 Å². The molecule has 2 aliphatic heterocycles. The van der Waals surface area contributed by atoms with Crippen molar-refractivity contribution in [1.82, 2.24) is 15.1 Å². The van der Waals surface area contributed by atoms with Crippen molar-refractivity contribution < 1.29 is 37.0 Å². The first-order valence-electron chi connectivity index (χ1n) is 16.3. The van der Waals surface area contributed by atoms with Crippen molar-refractivity contribution in [3.63, 3.8) is 0 Å². The molecule has 0 aromatic heterocycles. The van der Waals surface area contributed by atoms with Gasteiger partial charge in [0, 0.05) is 44.2 Å². The van der Waals surface area contributed by atoms with Gasteiger partial charge < -0.3 is 29.3 Å². The second-order valence-electron chi connectivity index (χ2n) is 12.6. The number of nitrogens with one attached hydrogen (secondary N) is 1.